The number of nitrogens with zero attached hydrogens (tertiary/aromatic N) is 4. The van der Waals surface area contributed by atoms with Crippen molar-refractivity contribution >= 4 is 48.9 Å². The summed E-state index contributed by atoms with van der Waals surface area (Å²) < 4.78 is 66.5. The van der Waals surface area contributed by atoms with Gasteiger partial charge in [0.05, 0.1) is 35.3 Å². The fourth-order valence-corrected chi connectivity index (χ4v) is 7.27. The first kappa shape index (κ1) is 31.1. The van der Waals surface area contributed by atoms with Gasteiger partial charge in [0.2, 0.25) is 20.0 Å². The van der Waals surface area contributed by atoms with Gasteiger partial charge in [0, 0.05) is 23.7 Å². The van der Waals surface area contributed by atoms with Crippen LogP contribution in [-0.2, 0) is 20.0 Å². The summed E-state index contributed by atoms with van der Waals surface area (Å²) in [5.41, 5.74) is -0.0533. The molecule has 222 valence electrons. The van der Waals surface area contributed by atoms with Crippen LogP contribution in [0, 0.1) is 0 Å². The van der Waals surface area contributed by atoms with Crippen LogP contribution in [0.25, 0.3) is 0 Å². The van der Waals surface area contributed by atoms with Crippen LogP contribution < -0.4 is 19.1 Å². The van der Waals surface area contributed by atoms with Gasteiger partial charge in [-0.1, -0.05) is 18.0 Å². The molecule has 12 nitrogen and oxygen atoms in total. The number of nitrogens with one attached hydrogen (secondary N) is 1. The van der Waals surface area contributed by atoms with E-state index >= 15 is 0 Å². The minimum absolute atomic E-state index is 0.0786. The van der Waals surface area contributed by atoms with Gasteiger partial charge in [-0.05, 0) is 74.4 Å². The molecule has 0 aliphatic carbocycles. The Kier molecular flexibility index (Phi) is 9.64. The molecule has 0 bridgehead atoms. The van der Waals surface area contributed by atoms with Crippen LogP contribution in [0.2, 0.25) is 5.02 Å². The average Bonchev–Trinajstić information content (AvgIpc) is 2.97. The van der Waals surface area contributed by atoms with Crippen molar-refractivity contribution in [2.45, 2.75) is 42.0 Å². The lowest BCUT2D eigenvalue weighted by Crippen LogP contribution is -2.41. The minimum atomic E-state index is -4.13. The van der Waals surface area contributed by atoms with E-state index in [1.54, 1.807) is 0 Å². The average molecular weight is 635 g/mol. The Bertz CT molecular complexity index is 1740. The summed E-state index contributed by atoms with van der Waals surface area (Å²) in [4.78, 5) is 16.7. The summed E-state index contributed by atoms with van der Waals surface area (Å²) >= 11 is 5.87. The van der Waals surface area contributed by atoms with Crippen LogP contribution in [0.4, 0.5) is 11.4 Å². The SMILES string of the molecule is COc1cc(NS(=O)(=O)c2ccc(Cl)cc2)c(C(=O)N=[N+]=Nc2ccc(S(=O)(=O)N3CCCCC3C)cc2)cc1OC. The molecule has 1 unspecified atom stereocenters. The molecule has 0 aromatic heterocycles. The maximum Gasteiger partial charge on any atom is 0.362 e. The van der Waals surface area contributed by atoms with Gasteiger partial charge in [-0.15, -0.1) is 0 Å². The zero-order chi connectivity index (χ0) is 30.5. The fraction of sp³-hybridized carbons (Fsp3) is 0.296. The number of ether oxygens (including phenoxy) is 2. The van der Waals surface area contributed by atoms with E-state index in [4.69, 9.17) is 21.1 Å². The van der Waals surface area contributed by atoms with E-state index < -0.39 is 26.0 Å². The largest absolute Gasteiger partial charge is 0.493 e. The van der Waals surface area contributed by atoms with E-state index in [0.29, 0.717) is 11.6 Å². The van der Waals surface area contributed by atoms with Crippen molar-refractivity contribution in [3.8, 4) is 11.5 Å². The van der Waals surface area contributed by atoms with Gasteiger partial charge in [-0.2, -0.15) is 4.31 Å². The molecule has 1 heterocycles. The molecule has 42 heavy (non-hydrogen) atoms. The minimum Gasteiger partial charge on any atom is -0.493 e. The highest BCUT2D eigenvalue weighted by atomic mass is 35.5. The van der Waals surface area contributed by atoms with Crippen LogP contribution in [0.1, 0.15) is 36.5 Å². The van der Waals surface area contributed by atoms with Crippen LogP contribution in [0.15, 0.2) is 80.7 Å². The fourth-order valence-electron chi connectivity index (χ4n) is 4.38. The number of anilines is 1. The standard InChI is InChI=1S/C27H28ClN5O7S2/c1-18-6-4-5-15-33(18)42(37,38)22-13-9-20(10-14-22)29-32-30-27(34)23-16-25(39-2)26(40-3)17-24(23)31-41(35,36)21-11-7-19(28)8-12-21/h7-14,16-18H,4-6,15H2,1-3H3/p+1. The number of halogens is 1. The van der Waals surface area contributed by atoms with Crippen LogP contribution in [0.5, 0.6) is 11.5 Å². The number of carbonyl (C=O) groups excluding carboxylic acids is 1. The quantitative estimate of drug-likeness (QED) is 0.251. The molecule has 0 saturated carbocycles. The number of hydrogen-bond acceptors (Lipinski definition) is 8. The lowest BCUT2D eigenvalue weighted by molar-refractivity contribution is 0.0993. The molecule has 1 aliphatic rings. The van der Waals surface area contributed by atoms with Crippen LogP contribution in [-0.4, -0.2) is 53.9 Å². The predicted molar refractivity (Wildman–Crippen MR) is 156 cm³/mol. The monoisotopic (exact) mass is 634 g/mol. The molecule has 3 aromatic carbocycles. The van der Waals surface area contributed by atoms with Crippen molar-refractivity contribution in [1.82, 2.24) is 9.22 Å². The number of amides is 1. The van der Waals surface area contributed by atoms with E-state index in [0.717, 1.165) is 19.3 Å². The molecule has 3 aromatic rings. The number of carbonyl (C=O) groups is 1. The molecule has 1 saturated heterocycles. The topological polar surface area (TPSA) is 158 Å². The van der Waals surface area contributed by atoms with Gasteiger partial charge < -0.3 is 9.47 Å². The molecule has 15 heteroatoms. The third-order valence-electron chi connectivity index (χ3n) is 6.60. The highest BCUT2D eigenvalue weighted by Crippen LogP contribution is 2.35. The normalized spacial score (nSPS) is 15.8. The molecule has 1 fully saturated rings. The molecule has 1 N–H and O–H groups in total. The van der Waals surface area contributed by atoms with E-state index in [1.165, 1.54) is 79.2 Å². The van der Waals surface area contributed by atoms with Crippen molar-refractivity contribution in [2.75, 3.05) is 25.5 Å². The second kappa shape index (κ2) is 13.0. The summed E-state index contributed by atoms with van der Waals surface area (Å²) in [5.74, 6) is -0.604. The van der Waals surface area contributed by atoms with E-state index in [2.05, 4.69) is 19.9 Å². The van der Waals surface area contributed by atoms with Gasteiger partial charge in [0.25, 0.3) is 10.0 Å². The highest BCUT2D eigenvalue weighted by molar-refractivity contribution is 7.92. The third kappa shape index (κ3) is 6.97. The van der Waals surface area contributed by atoms with E-state index in [9.17, 15) is 21.6 Å². The summed E-state index contributed by atoms with van der Waals surface area (Å²) in [7, 11) is -5.06. The first-order chi connectivity index (χ1) is 20.0. The highest BCUT2D eigenvalue weighted by Gasteiger charge is 2.31. The maximum absolute atomic E-state index is 13.0. The molecule has 0 radical (unpaired) electrons. The van der Waals surface area contributed by atoms with Crippen molar-refractivity contribution in [2.24, 2.45) is 10.2 Å². The number of rotatable bonds is 9. The first-order valence-corrected chi connectivity index (χ1v) is 16.1. The molecule has 1 amide bonds. The first-order valence-electron chi connectivity index (χ1n) is 12.8. The molecular formula is C27H29ClN5O7S2+. The van der Waals surface area contributed by atoms with Crippen LogP contribution >= 0.6 is 11.6 Å². The van der Waals surface area contributed by atoms with Gasteiger partial charge in [-0.3, -0.25) is 9.52 Å². The molecule has 4 rings (SSSR count). The third-order valence-corrected chi connectivity index (χ3v) is 10.3. The molecule has 1 atom stereocenters. The van der Waals surface area contributed by atoms with Crippen molar-refractivity contribution in [3.63, 3.8) is 0 Å². The summed E-state index contributed by atoms with van der Waals surface area (Å²) in [6.07, 6.45) is 2.62. The van der Waals surface area contributed by atoms with E-state index in [1.807, 2.05) is 6.92 Å². The van der Waals surface area contributed by atoms with Gasteiger partial charge in [-0.25, -0.2) is 16.8 Å². The van der Waals surface area contributed by atoms with E-state index in [-0.39, 0.29) is 44.3 Å². The van der Waals surface area contributed by atoms with Crippen molar-refractivity contribution in [1.29, 1.82) is 0 Å². The second-order valence-corrected chi connectivity index (χ2v) is 13.4. The van der Waals surface area contributed by atoms with Gasteiger partial charge in [0.15, 0.2) is 22.3 Å². The number of piperidine rings is 1. The van der Waals surface area contributed by atoms with Crippen molar-refractivity contribution in [3.05, 3.63) is 71.2 Å². The number of hydrogen-bond donors (Lipinski definition) is 1. The predicted octanol–water partition coefficient (Wildman–Crippen LogP) is 5.16. The smallest absolute Gasteiger partial charge is 0.362 e. The maximum atomic E-state index is 13.0. The summed E-state index contributed by atoms with van der Waals surface area (Å²) in [5, 5.41) is 7.83. The Morgan fingerprint density at radius 1 is 0.952 bits per heavy atom. The number of methoxy groups -OCH3 is 2. The summed E-state index contributed by atoms with van der Waals surface area (Å²) in [6.45, 7) is 2.37. The Labute approximate surface area is 249 Å². The Morgan fingerprint density at radius 2 is 1.57 bits per heavy atom. The lowest BCUT2D eigenvalue weighted by atomic mass is 10.1. The molecule has 1 aliphatic heterocycles. The zero-order valence-electron chi connectivity index (χ0n) is 23.0. The van der Waals surface area contributed by atoms with Crippen LogP contribution in [0.3, 0.4) is 0 Å². The zero-order valence-corrected chi connectivity index (χ0v) is 25.4. The number of sulfonamides is 2. The molecule has 0 spiro atoms. The molecular weight excluding hydrogens is 606 g/mol. The Hall–Kier alpha value is -3.81. The van der Waals surface area contributed by atoms with Gasteiger partial charge >= 0.3 is 5.91 Å². The second-order valence-electron chi connectivity index (χ2n) is 9.36. The summed E-state index contributed by atoms with van der Waals surface area (Å²) in [6, 6.07) is 13.7. The lowest BCUT2D eigenvalue weighted by Gasteiger charge is -2.32. The Morgan fingerprint density at radius 3 is 2.19 bits per heavy atom. The van der Waals surface area contributed by atoms with Crippen molar-refractivity contribution < 1.29 is 31.1 Å². The Balaban J connectivity index is 1.60. The van der Waals surface area contributed by atoms with Gasteiger partial charge in [0.1, 0.15) is 0 Å². The number of benzene rings is 3.